The van der Waals surface area contributed by atoms with Crippen LogP contribution in [-0.4, -0.2) is 284 Å². The molecule has 0 amide bonds. The molecule has 0 bridgehead atoms. The van der Waals surface area contributed by atoms with Gasteiger partial charge in [0, 0.05) is 11.5 Å². The summed E-state index contributed by atoms with van der Waals surface area (Å²) < 4.78 is 115. The van der Waals surface area contributed by atoms with Crippen molar-refractivity contribution >= 4 is 5.97 Å². The highest BCUT2D eigenvalue weighted by molar-refractivity contribution is 5.77. The number of rotatable bonds is 63. The Kier molecular flexibility index (Phi) is 56.0. The van der Waals surface area contributed by atoms with Crippen molar-refractivity contribution in [1.82, 2.24) is 0 Å². The topological polar surface area (TPSA) is 260 Å². The maximum atomic E-state index is 12.1. The zero-order valence-corrected chi connectivity index (χ0v) is 44.1. The minimum Gasteiger partial charge on any atom is -0.469 e. The number of esters is 1. The fourth-order valence-corrected chi connectivity index (χ4v) is 6.27. The Labute approximate surface area is 434 Å². The van der Waals surface area contributed by atoms with E-state index < -0.39 is 5.41 Å². The molecule has 0 radical (unpaired) electrons. The summed E-state index contributed by atoms with van der Waals surface area (Å²) in [5.41, 5.74) is 7.68. The van der Waals surface area contributed by atoms with Gasteiger partial charge in [0.1, 0.15) is 0 Å². The predicted octanol–water partition coefficient (Wildman–Crippen LogP) is 2.36. The van der Waals surface area contributed by atoms with E-state index in [0.29, 0.717) is 271 Å². The molecule has 0 atom stereocenters. The van der Waals surface area contributed by atoms with Crippen LogP contribution in [0.1, 0.15) is 25.7 Å². The third kappa shape index (κ3) is 50.6. The van der Waals surface area contributed by atoms with Crippen LogP contribution in [0.15, 0.2) is 5.11 Å². The van der Waals surface area contributed by atoms with E-state index in [4.69, 9.17) is 105 Å². The molecular formula is C48H93N3O22. The summed E-state index contributed by atoms with van der Waals surface area (Å²) in [6.45, 7) is 19.3. The zero-order valence-electron chi connectivity index (χ0n) is 44.1. The first kappa shape index (κ1) is 69.0. The molecule has 432 valence electrons. The molecule has 0 unspecified atom stereocenters. The largest absolute Gasteiger partial charge is 0.469 e. The molecule has 1 fully saturated rings. The number of nitrogens with zero attached hydrogens (tertiary/aromatic N) is 3. The predicted molar refractivity (Wildman–Crippen MR) is 263 cm³/mol. The molecule has 73 heavy (non-hydrogen) atoms. The SMILES string of the molecule is COC(=O)C1(COCCOCCOCCOCCOCCOCCOCCOCCOCCOCCOCCOCCOCCOCCOCCOCCOCCOCCOCCOCCN=[N+]=[N-])CCCC1. The summed E-state index contributed by atoms with van der Waals surface area (Å²) in [5.74, 6) is -0.171. The standard InChI is InChI=1S/C48H93N3O22/c1-53-47(52)48(4-2-3-5-48)46-73-45-44-72-43-42-71-41-40-70-39-38-69-37-36-68-35-34-67-33-32-66-31-30-65-29-28-64-27-26-63-25-24-62-23-22-61-21-20-60-19-18-59-17-16-58-15-14-57-13-12-56-11-10-55-9-8-54-7-6-50-51-49/h2-46H2,1H3. The molecule has 1 aliphatic rings. The first-order chi connectivity index (χ1) is 36.2. The van der Waals surface area contributed by atoms with E-state index >= 15 is 0 Å². The summed E-state index contributed by atoms with van der Waals surface area (Å²) in [5, 5.41) is 3.38. The van der Waals surface area contributed by atoms with Gasteiger partial charge in [-0.2, -0.15) is 0 Å². The van der Waals surface area contributed by atoms with Crippen molar-refractivity contribution in [2.24, 2.45) is 10.5 Å². The van der Waals surface area contributed by atoms with Gasteiger partial charge in [-0.05, 0) is 18.4 Å². The maximum Gasteiger partial charge on any atom is 0.314 e. The molecule has 0 aromatic carbocycles. The minimum atomic E-state index is -0.484. The molecule has 0 aliphatic heterocycles. The second-order valence-corrected chi connectivity index (χ2v) is 15.6. The maximum absolute atomic E-state index is 12.1. The van der Waals surface area contributed by atoms with E-state index in [1.165, 1.54) is 7.11 Å². The number of carbonyl (C=O) groups excluding carboxylic acids is 1. The van der Waals surface area contributed by atoms with E-state index in [1.807, 2.05) is 0 Å². The van der Waals surface area contributed by atoms with E-state index in [-0.39, 0.29) is 5.97 Å². The highest BCUT2D eigenvalue weighted by Gasteiger charge is 2.42. The van der Waals surface area contributed by atoms with Gasteiger partial charge in [-0.3, -0.25) is 4.79 Å². The summed E-state index contributed by atoms with van der Waals surface area (Å²) in [6.07, 6.45) is 3.70. The van der Waals surface area contributed by atoms with E-state index in [9.17, 15) is 4.79 Å². The summed E-state index contributed by atoms with van der Waals surface area (Å²) in [6, 6.07) is 0. The van der Waals surface area contributed by atoms with Crippen molar-refractivity contribution in [1.29, 1.82) is 0 Å². The second-order valence-electron chi connectivity index (χ2n) is 15.6. The van der Waals surface area contributed by atoms with Crippen LogP contribution >= 0.6 is 0 Å². The van der Waals surface area contributed by atoms with Crippen molar-refractivity contribution < 1.29 is 104 Å². The summed E-state index contributed by atoms with van der Waals surface area (Å²) in [7, 11) is 1.43. The van der Waals surface area contributed by atoms with Gasteiger partial charge in [0.05, 0.1) is 277 Å². The number of carbonyl (C=O) groups is 1. The molecule has 1 rings (SSSR count). The van der Waals surface area contributed by atoms with Crippen LogP contribution in [0.4, 0.5) is 0 Å². The lowest BCUT2D eigenvalue weighted by molar-refractivity contribution is -0.156. The minimum absolute atomic E-state index is 0.171. The normalized spacial score (nSPS) is 13.3. The molecule has 1 saturated carbocycles. The number of ether oxygens (including phenoxy) is 21. The van der Waals surface area contributed by atoms with Crippen molar-refractivity contribution in [2.75, 3.05) is 278 Å². The van der Waals surface area contributed by atoms with Gasteiger partial charge >= 0.3 is 5.97 Å². The van der Waals surface area contributed by atoms with Crippen LogP contribution in [0.3, 0.4) is 0 Å². The van der Waals surface area contributed by atoms with Crippen LogP contribution in [0.2, 0.25) is 0 Å². The third-order valence-corrected chi connectivity index (χ3v) is 10.0. The van der Waals surface area contributed by atoms with Crippen LogP contribution in [0.25, 0.3) is 10.4 Å². The molecule has 0 spiro atoms. The Balaban J connectivity index is 1.61. The lowest BCUT2D eigenvalue weighted by Crippen LogP contribution is -2.34. The molecule has 0 aromatic rings. The fourth-order valence-electron chi connectivity index (χ4n) is 6.27. The van der Waals surface area contributed by atoms with Crippen LogP contribution in [0.5, 0.6) is 0 Å². The van der Waals surface area contributed by atoms with Gasteiger partial charge in [-0.15, -0.1) is 0 Å². The lowest BCUT2D eigenvalue weighted by atomic mass is 9.87. The zero-order chi connectivity index (χ0) is 52.2. The quantitative estimate of drug-likeness (QED) is 0.0278. The smallest absolute Gasteiger partial charge is 0.314 e. The van der Waals surface area contributed by atoms with E-state index in [0.717, 1.165) is 25.7 Å². The number of hydrogen-bond acceptors (Lipinski definition) is 23. The van der Waals surface area contributed by atoms with Crippen molar-refractivity contribution in [3.05, 3.63) is 10.4 Å². The van der Waals surface area contributed by atoms with Crippen LogP contribution < -0.4 is 0 Å². The van der Waals surface area contributed by atoms with Gasteiger partial charge in [0.25, 0.3) is 0 Å². The first-order valence-electron chi connectivity index (χ1n) is 25.9. The van der Waals surface area contributed by atoms with Crippen molar-refractivity contribution in [3.63, 3.8) is 0 Å². The molecule has 0 N–H and O–H groups in total. The van der Waals surface area contributed by atoms with E-state index in [2.05, 4.69) is 10.0 Å². The Morgan fingerprint density at radius 3 is 0.685 bits per heavy atom. The Hall–Kier alpha value is -2.02. The molecule has 25 heteroatoms. The number of hydrogen-bond donors (Lipinski definition) is 0. The van der Waals surface area contributed by atoms with Gasteiger partial charge in [0.2, 0.25) is 0 Å². The average molecular weight is 1060 g/mol. The summed E-state index contributed by atoms with van der Waals surface area (Å²) >= 11 is 0. The molecule has 0 saturated heterocycles. The Morgan fingerprint density at radius 2 is 0.507 bits per heavy atom. The highest BCUT2D eigenvalue weighted by Crippen LogP contribution is 2.39. The second kappa shape index (κ2) is 59.2. The lowest BCUT2D eigenvalue weighted by Gasteiger charge is -2.25. The molecule has 0 heterocycles. The van der Waals surface area contributed by atoms with Crippen LogP contribution in [-0.2, 0) is 104 Å². The third-order valence-electron chi connectivity index (χ3n) is 10.0. The van der Waals surface area contributed by atoms with Crippen molar-refractivity contribution in [2.45, 2.75) is 25.7 Å². The molecular weight excluding hydrogens is 971 g/mol. The van der Waals surface area contributed by atoms with Crippen molar-refractivity contribution in [3.8, 4) is 0 Å². The fraction of sp³-hybridized carbons (Fsp3) is 0.979. The number of methoxy groups -OCH3 is 1. The first-order valence-corrected chi connectivity index (χ1v) is 25.9. The van der Waals surface area contributed by atoms with Gasteiger partial charge in [0.15, 0.2) is 0 Å². The molecule has 1 aliphatic carbocycles. The Bertz CT molecular complexity index is 1160. The van der Waals surface area contributed by atoms with E-state index in [1.54, 1.807) is 0 Å². The van der Waals surface area contributed by atoms with Gasteiger partial charge in [-0.1, -0.05) is 18.0 Å². The Morgan fingerprint density at radius 1 is 0.329 bits per heavy atom. The monoisotopic (exact) mass is 1060 g/mol. The highest BCUT2D eigenvalue weighted by atomic mass is 16.6. The summed E-state index contributed by atoms with van der Waals surface area (Å²) in [4.78, 5) is 14.8. The average Bonchev–Trinajstić information content (AvgIpc) is 3.90. The van der Waals surface area contributed by atoms with Gasteiger partial charge < -0.3 is 99.5 Å². The van der Waals surface area contributed by atoms with Crippen LogP contribution in [0, 0.1) is 5.41 Å². The molecule has 25 nitrogen and oxygen atoms in total. The number of azide groups is 1. The molecule has 0 aromatic heterocycles. The van der Waals surface area contributed by atoms with Gasteiger partial charge in [-0.25, -0.2) is 0 Å².